The van der Waals surface area contributed by atoms with Crippen molar-refractivity contribution in [1.82, 2.24) is 15.1 Å². The normalized spacial score (nSPS) is 14.6. The lowest BCUT2D eigenvalue weighted by molar-refractivity contribution is -0.123. The molecule has 1 amide bonds. The molecule has 0 aliphatic carbocycles. The number of aryl methyl sites for hydroxylation is 2. The van der Waals surface area contributed by atoms with Gasteiger partial charge in [0.1, 0.15) is 0 Å². The van der Waals surface area contributed by atoms with Crippen molar-refractivity contribution in [3.63, 3.8) is 0 Å². The molecule has 1 heterocycles. The van der Waals surface area contributed by atoms with Gasteiger partial charge in [0.25, 0.3) is 0 Å². The molecular formula is C11H19ClN4O. The summed E-state index contributed by atoms with van der Waals surface area (Å²) in [5.74, 6) is -0.338. The molecule has 1 rings (SSSR count). The maximum Gasteiger partial charge on any atom is 0.237 e. The zero-order valence-corrected chi connectivity index (χ0v) is 11.2. The number of carbonyl (C=O) groups excluding carboxylic acids is 1. The largest absolute Gasteiger partial charge is 0.368 e. The van der Waals surface area contributed by atoms with E-state index in [1.165, 1.54) is 0 Å². The van der Waals surface area contributed by atoms with Gasteiger partial charge in [-0.1, -0.05) is 11.6 Å². The Balaban J connectivity index is 2.49. The van der Waals surface area contributed by atoms with Gasteiger partial charge in [0.05, 0.1) is 16.3 Å². The molecule has 5 nitrogen and oxygen atoms in total. The first-order valence-electron chi connectivity index (χ1n) is 5.57. The van der Waals surface area contributed by atoms with E-state index in [0.717, 1.165) is 18.7 Å². The minimum absolute atomic E-state index is 0.338. The molecule has 0 saturated heterocycles. The number of nitrogens with one attached hydrogen (secondary N) is 1. The van der Waals surface area contributed by atoms with Crippen LogP contribution in [0.1, 0.15) is 25.5 Å². The highest BCUT2D eigenvalue weighted by Gasteiger charge is 2.28. The van der Waals surface area contributed by atoms with Crippen LogP contribution in [-0.4, -0.2) is 28.3 Å². The van der Waals surface area contributed by atoms with Crippen molar-refractivity contribution in [3.05, 3.63) is 16.9 Å². The number of carbonyl (C=O) groups is 1. The maximum absolute atomic E-state index is 11.3. The van der Waals surface area contributed by atoms with Crippen LogP contribution < -0.4 is 11.1 Å². The molecule has 0 fully saturated rings. The van der Waals surface area contributed by atoms with Gasteiger partial charge >= 0.3 is 0 Å². The van der Waals surface area contributed by atoms with E-state index in [0.29, 0.717) is 11.4 Å². The van der Waals surface area contributed by atoms with Crippen LogP contribution in [0.2, 0.25) is 5.02 Å². The van der Waals surface area contributed by atoms with Gasteiger partial charge in [-0.2, -0.15) is 5.10 Å². The fourth-order valence-electron chi connectivity index (χ4n) is 1.57. The Hall–Kier alpha value is -1.07. The van der Waals surface area contributed by atoms with Crippen molar-refractivity contribution in [2.75, 3.05) is 7.05 Å². The fourth-order valence-corrected chi connectivity index (χ4v) is 1.72. The maximum atomic E-state index is 11.3. The van der Waals surface area contributed by atoms with E-state index < -0.39 is 5.54 Å². The van der Waals surface area contributed by atoms with Crippen LogP contribution in [-0.2, 0) is 11.3 Å². The molecule has 0 bridgehead atoms. The molecule has 1 aromatic rings. The molecular weight excluding hydrogens is 240 g/mol. The van der Waals surface area contributed by atoms with Crippen molar-refractivity contribution in [1.29, 1.82) is 0 Å². The highest BCUT2D eigenvalue weighted by atomic mass is 35.5. The van der Waals surface area contributed by atoms with Crippen molar-refractivity contribution in [2.45, 2.75) is 38.8 Å². The summed E-state index contributed by atoms with van der Waals surface area (Å²) in [6, 6.07) is 0. The molecule has 1 unspecified atom stereocenters. The molecule has 1 atom stereocenters. The lowest BCUT2D eigenvalue weighted by Gasteiger charge is -2.25. The number of hydrogen-bond donors (Lipinski definition) is 2. The number of nitrogens with zero attached hydrogens (tertiary/aromatic N) is 2. The number of halogens is 1. The van der Waals surface area contributed by atoms with Crippen LogP contribution in [0.25, 0.3) is 0 Å². The van der Waals surface area contributed by atoms with Crippen LogP contribution in [0.3, 0.4) is 0 Å². The molecule has 3 N–H and O–H groups in total. The van der Waals surface area contributed by atoms with Crippen LogP contribution in [0.15, 0.2) is 6.20 Å². The molecule has 1 aromatic heterocycles. The van der Waals surface area contributed by atoms with Crippen molar-refractivity contribution < 1.29 is 4.79 Å². The first-order valence-corrected chi connectivity index (χ1v) is 5.95. The number of amides is 1. The van der Waals surface area contributed by atoms with Crippen LogP contribution in [0.5, 0.6) is 0 Å². The standard InChI is InChI=1S/C11H19ClN4O/c1-8-9(12)7-16(15-8)6-4-5-11(2,14-3)10(13)17/h7,14H,4-6H2,1-3H3,(H2,13,17). The van der Waals surface area contributed by atoms with Crippen molar-refractivity contribution >= 4 is 17.5 Å². The molecule has 0 radical (unpaired) electrons. The molecule has 17 heavy (non-hydrogen) atoms. The molecule has 0 aliphatic rings. The quantitative estimate of drug-likeness (QED) is 0.802. The van der Waals surface area contributed by atoms with Crippen LogP contribution in [0.4, 0.5) is 0 Å². The van der Waals surface area contributed by atoms with E-state index in [4.69, 9.17) is 17.3 Å². The lowest BCUT2D eigenvalue weighted by Crippen LogP contribution is -2.51. The third-order valence-corrected chi connectivity index (χ3v) is 3.42. The number of aromatic nitrogens is 2. The summed E-state index contributed by atoms with van der Waals surface area (Å²) in [4.78, 5) is 11.3. The van der Waals surface area contributed by atoms with Gasteiger partial charge in [0, 0.05) is 12.7 Å². The predicted octanol–water partition coefficient (Wildman–Crippen LogP) is 1.09. The van der Waals surface area contributed by atoms with Gasteiger partial charge < -0.3 is 11.1 Å². The van der Waals surface area contributed by atoms with Crippen molar-refractivity contribution in [2.24, 2.45) is 5.73 Å². The number of rotatable bonds is 6. The second-order valence-corrected chi connectivity index (χ2v) is 4.78. The Labute approximate surface area is 106 Å². The molecule has 0 spiro atoms. The molecule has 0 aliphatic heterocycles. The van der Waals surface area contributed by atoms with E-state index in [2.05, 4.69) is 10.4 Å². The van der Waals surface area contributed by atoms with E-state index in [1.54, 1.807) is 24.9 Å². The Morgan fingerprint density at radius 2 is 2.35 bits per heavy atom. The first-order chi connectivity index (χ1) is 7.89. The second-order valence-electron chi connectivity index (χ2n) is 4.38. The highest BCUT2D eigenvalue weighted by molar-refractivity contribution is 6.31. The van der Waals surface area contributed by atoms with Gasteiger partial charge in [0.15, 0.2) is 0 Å². The van der Waals surface area contributed by atoms with Gasteiger partial charge in [-0.15, -0.1) is 0 Å². The minimum Gasteiger partial charge on any atom is -0.368 e. The average molecular weight is 259 g/mol. The summed E-state index contributed by atoms with van der Waals surface area (Å²) in [6.45, 7) is 4.38. The number of nitrogens with two attached hydrogens (primary N) is 1. The Kier molecular flexibility index (Phi) is 4.54. The third kappa shape index (κ3) is 3.44. The Morgan fingerprint density at radius 3 is 2.76 bits per heavy atom. The molecule has 0 aromatic carbocycles. The first kappa shape index (κ1) is 14.0. The van der Waals surface area contributed by atoms with E-state index in [-0.39, 0.29) is 5.91 Å². The summed E-state index contributed by atoms with van der Waals surface area (Å²) in [5.41, 5.74) is 5.50. The highest BCUT2D eigenvalue weighted by Crippen LogP contribution is 2.15. The van der Waals surface area contributed by atoms with Crippen LogP contribution in [0, 0.1) is 6.92 Å². The van der Waals surface area contributed by atoms with Crippen molar-refractivity contribution in [3.8, 4) is 0 Å². The van der Waals surface area contributed by atoms with Gasteiger partial charge in [-0.25, -0.2) is 0 Å². The summed E-state index contributed by atoms with van der Waals surface area (Å²) in [7, 11) is 1.74. The summed E-state index contributed by atoms with van der Waals surface area (Å²) in [6.07, 6.45) is 3.25. The van der Waals surface area contributed by atoms with Gasteiger partial charge in [0.2, 0.25) is 5.91 Å². The monoisotopic (exact) mass is 258 g/mol. The topological polar surface area (TPSA) is 72.9 Å². The zero-order chi connectivity index (χ0) is 13.1. The van der Waals surface area contributed by atoms with Crippen LogP contribution >= 0.6 is 11.6 Å². The SMILES string of the molecule is CNC(C)(CCCn1cc(Cl)c(C)n1)C(N)=O. The summed E-state index contributed by atoms with van der Waals surface area (Å²) < 4.78 is 1.79. The number of hydrogen-bond acceptors (Lipinski definition) is 3. The number of primary amides is 1. The van der Waals surface area contributed by atoms with Gasteiger partial charge in [-0.3, -0.25) is 9.48 Å². The van der Waals surface area contributed by atoms with Gasteiger partial charge in [-0.05, 0) is 33.7 Å². The second kappa shape index (κ2) is 5.51. The lowest BCUT2D eigenvalue weighted by atomic mass is 9.95. The minimum atomic E-state index is -0.661. The molecule has 96 valence electrons. The number of likely N-dealkylation sites (N-methyl/N-ethyl adjacent to an activating group) is 1. The molecule has 6 heteroatoms. The predicted molar refractivity (Wildman–Crippen MR) is 67.9 cm³/mol. The van der Waals surface area contributed by atoms with E-state index in [9.17, 15) is 4.79 Å². The van der Waals surface area contributed by atoms with E-state index in [1.807, 2.05) is 6.92 Å². The smallest absolute Gasteiger partial charge is 0.237 e. The summed E-state index contributed by atoms with van der Waals surface area (Å²) >= 11 is 5.91. The fraction of sp³-hybridized carbons (Fsp3) is 0.636. The third-order valence-electron chi connectivity index (χ3n) is 3.05. The zero-order valence-electron chi connectivity index (χ0n) is 10.5. The average Bonchev–Trinajstić information content (AvgIpc) is 2.57. The van der Waals surface area contributed by atoms with E-state index >= 15 is 0 Å². The Morgan fingerprint density at radius 1 is 1.71 bits per heavy atom. The Bertz CT molecular complexity index is 385. The summed E-state index contributed by atoms with van der Waals surface area (Å²) in [5, 5.41) is 7.86. The molecule has 0 saturated carbocycles.